The van der Waals surface area contributed by atoms with Crippen molar-refractivity contribution in [2.75, 3.05) is 0 Å². The van der Waals surface area contributed by atoms with Crippen molar-refractivity contribution in [1.29, 1.82) is 0 Å². The highest BCUT2D eigenvalue weighted by Gasteiger charge is 2.34. The molecule has 0 amide bonds. The number of phenols is 12. The fourth-order valence-corrected chi connectivity index (χ4v) is 10.7. The Morgan fingerprint density at radius 2 is 0.551 bits per heavy atom. The summed E-state index contributed by atoms with van der Waals surface area (Å²) in [5, 5.41) is 146. The molecular formula is C56H32O13. The zero-order chi connectivity index (χ0) is 47.6. The van der Waals surface area contributed by atoms with E-state index in [1.165, 1.54) is 6.07 Å². The van der Waals surface area contributed by atoms with Crippen molar-refractivity contribution in [2.45, 2.75) is 0 Å². The van der Waals surface area contributed by atoms with Crippen molar-refractivity contribution < 1.29 is 65.7 Å². The van der Waals surface area contributed by atoms with Crippen LogP contribution in [0.4, 0.5) is 0 Å². The molecule has 69 heavy (non-hydrogen) atoms. The number of aromatic hydroxyl groups is 12. The van der Waals surface area contributed by atoms with Crippen molar-refractivity contribution in [1.82, 2.24) is 0 Å². The molecule has 13 heteroatoms. The van der Waals surface area contributed by atoms with Crippen LogP contribution in [-0.2, 0) is 0 Å². The minimum absolute atomic E-state index is 0.111. The van der Waals surface area contributed by atoms with Gasteiger partial charge >= 0.3 is 0 Å². The number of fused-ring (bicyclic) bond motifs is 3. The Balaban J connectivity index is 1.25. The van der Waals surface area contributed by atoms with Gasteiger partial charge in [0.05, 0.1) is 21.9 Å². The molecule has 12 N–H and O–H groups in total. The summed E-state index contributed by atoms with van der Waals surface area (Å²) in [5.74, 6) is -13.0. The highest BCUT2D eigenvalue weighted by molar-refractivity contribution is 6.28. The first-order chi connectivity index (χ1) is 33.2. The first-order valence-electron chi connectivity index (χ1n) is 21.4. The lowest BCUT2D eigenvalue weighted by molar-refractivity contribution is 0.330. The average molecular weight is 913 g/mol. The second-order valence-corrected chi connectivity index (χ2v) is 17.3. The fourth-order valence-electron chi connectivity index (χ4n) is 10.7. The van der Waals surface area contributed by atoms with Gasteiger partial charge in [0, 0.05) is 0 Å². The maximum absolute atomic E-state index is 12.6. The third-order valence-electron chi connectivity index (χ3n) is 13.9. The molecule has 0 spiro atoms. The van der Waals surface area contributed by atoms with Crippen molar-refractivity contribution in [3.63, 3.8) is 0 Å². The van der Waals surface area contributed by atoms with Gasteiger partial charge < -0.3 is 65.7 Å². The van der Waals surface area contributed by atoms with E-state index in [-0.39, 0.29) is 22.3 Å². The number of furan rings is 1. The molecule has 0 atom stereocenters. The largest absolute Gasteiger partial charge is 0.506 e. The average Bonchev–Trinajstić information content (AvgIpc) is 3.78. The van der Waals surface area contributed by atoms with E-state index in [0.29, 0.717) is 21.9 Å². The molecule has 1 aromatic heterocycles. The SMILES string of the molecule is Oc1c(O)c(O)c(-c2cc(-c3c(O)c(O)c4oc5c(O)c(O)c(O)c(O)c5c4c3O)c(-c3ccc4ccc5cccc6ccc3c4c56)cc2-c2ccc3ccc4cccc5ccc2c3c45)c(O)c1O. The van der Waals surface area contributed by atoms with Crippen molar-refractivity contribution in [2.24, 2.45) is 0 Å². The van der Waals surface area contributed by atoms with Crippen LogP contribution < -0.4 is 0 Å². The summed E-state index contributed by atoms with van der Waals surface area (Å²) in [6.07, 6.45) is 0. The quantitative estimate of drug-likeness (QED) is 0.0446. The number of benzene rings is 12. The van der Waals surface area contributed by atoms with Crippen LogP contribution in [0.25, 0.3) is 131 Å². The molecule has 0 aliphatic heterocycles. The first-order valence-corrected chi connectivity index (χ1v) is 21.4. The second kappa shape index (κ2) is 13.4. The molecule has 13 rings (SSSR count). The van der Waals surface area contributed by atoms with Crippen LogP contribution >= 0.6 is 0 Å². The topological polar surface area (TPSA) is 256 Å². The predicted molar refractivity (Wildman–Crippen MR) is 263 cm³/mol. The number of hydrogen-bond acceptors (Lipinski definition) is 13. The molecule has 13 aromatic rings. The van der Waals surface area contributed by atoms with Crippen LogP contribution in [0.1, 0.15) is 0 Å². The predicted octanol–water partition coefficient (Wildman–Crippen LogP) is 12.5. The number of hydrogen-bond donors (Lipinski definition) is 12. The maximum Gasteiger partial charge on any atom is 0.208 e. The van der Waals surface area contributed by atoms with Gasteiger partial charge in [-0.1, -0.05) is 109 Å². The summed E-state index contributed by atoms with van der Waals surface area (Å²) >= 11 is 0. The van der Waals surface area contributed by atoms with Gasteiger partial charge in [-0.15, -0.1) is 0 Å². The van der Waals surface area contributed by atoms with E-state index in [0.717, 1.165) is 53.9 Å². The Morgan fingerprint density at radius 3 is 1.03 bits per heavy atom. The lowest BCUT2D eigenvalue weighted by Crippen LogP contribution is -1.97. The molecule has 0 saturated heterocycles. The van der Waals surface area contributed by atoms with Gasteiger partial charge in [0.1, 0.15) is 5.75 Å². The number of rotatable bonds is 4. The summed E-state index contributed by atoms with van der Waals surface area (Å²) in [6, 6.07) is 38.2. The van der Waals surface area contributed by atoms with Crippen LogP contribution in [-0.4, -0.2) is 61.3 Å². The monoisotopic (exact) mass is 912 g/mol. The number of phenolic OH excluding ortho intramolecular Hbond substituents is 12. The van der Waals surface area contributed by atoms with Crippen molar-refractivity contribution in [3.8, 4) is 114 Å². The standard InChI is InChI=1S/C56H32O13/c57-43-39(46(60)53(67)55-41(43)42-47(61)50(64)52(66)54(68)56(42)69-55)33-20-34(40-44(58)48(62)51(65)49(63)45(40)59)32(28-16-12-26-10-8-22-4-2-6-24-14-18-30(28)38(26)36(22)24)19-31(33)27-15-11-25-9-7-21-3-1-5-23-13-17-29(27)37(25)35(21)23/h1-20,57-68H. The van der Waals surface area contributed by atoms with Gasteiger partial charge in [0.25, 0.3) is 0 Å². The van der Waals surface area contributed by atoms with E-state index in [1.807, 2.05) is 109 Å². The minimum Gasteiger partial charge on any atom is -0.506 e. The van der Waals surface area contributed by atoms with Gasteiger partial charge in [-0.2, -0.15) is 0 Å². The molecule has 0 fully saturated rings. The van der Waals surface area contributed by atoms with E-state index >= 15 is 0 Å². The third kappa shape index (κ3) is 4.96. The molecule has 334 valence electrons. The maximum atomic E-state index is 12.6. The summed E-state index contributed by atoms with van der Waals surface area (Å²) in [4.78, 5) is 0. The molecule has 0 saturated carbocycles. The van der Waals surface area contributed by atoms with Gasteiger partial charge in [-0.05, 0) is 110 Å². The normalized spacial score (nSPS) is 12.2. The lowest BCUT2D eigenvalue weighted by atomic mass is 9.81. The van der Waals surface area contributed by atoms with E-state index in [4.69, 9.17) is 4.42 Å². The first kappa shape index (κ1) is 39.5. The van der Waals surface area contributed by atoms with Crippen LogP contribution in [0.15, 0.2) is 126 Å². The second-order valence-electron chi connectivity index (χ2n) is 17.3. The van der Waals surface area contributed by atoms with Crippen LogP contribution in [0.5, 0.6) is 69.0 Å². The third-order valence-corrected chi connectivity index (χ3v) is 13.9. The van der Waals surface area contributed by atoms with Crippen LogP contribution in [0.2, 0.25) is 0 Å². The highest BCUT2D eigenvalue weighted by Crippen LogP contribution is 2.62. The summed E-state index contributed by atoms with van der Waals surface area (Å²) in [7, 11) is 0. The van der Waals surface area contributed by atoms with Gasteiger partial charge in [0.15, 0.2) is 34.2 Å². The molecule has 0 bridgehead atoms. The van der Waals surface area contributed by atoms with E-state index in [1.54, 1.807) is 6.07 Å². The van der Waals surface area contributed by atoms with Crippen molar-refractivity contribution >= 4 is 86.6 Å². The van der Waals surface area contributed by atoms with Crippen LogP contribution in [0, 0.1) is 0 Å². The minimum atomic E-state index is -1.21. The van der Waals surface area contributed by atoms with Crippen LogP contribution in [0.3, 0.4) is 0 Å². The van der Waals surface area contributed by atoms with E-state index in [2.05, 4.69) is 0 Å². The summed E-state index contributed by atoms with van der Waals surface area (Å²) in [6.45, 7) is 0. The molecule has 0 radical (unpaired) electrons. The van der Waals surface area contributed by atoms with Crippen molar-refractivity contribution in [3.05, 3.63) is 121 Å². The molecule has 0 aliphatic carbocycles. The van der Waals surface area contributed by atoms with Gasteiger partial charge in [-0.25, -0.2) is 0 Å². The zero-order valence-electron chi connectivity index (χ0n) is 35.3. The Kier molecular flexibility index (Phi) is 7.65. The molecule has 12 aromatic carbocycles. The lowest BCUT2D eigenvalue weighted by Gasteiger charge is -2.23. The molecule has 0 aliphatic rings. The van der Waals surface area contributed by atoms with E-state index in [9.17, 15) is 61.3 Å². The molecule has 1 heterocycles. The Bertz CT molecular complexity index is 4390. The zero-order valence-corrected chi connectivity index (χ0v) is 35.3. The van der Waals surface area contributed by atoms with Gasteiger partial charge in [-0.3, -0.25) is 0 Å². The summed E-state index contributed by atoms with van der Waals surface area (Å²) in [5.41, 5.74) is -1.07. The molecule has 0 unspecified atom stereocenters. The molecule has 13 nitrogen and oxygen atoms in total. The molecular weight excluding hydrogens is 881 g/mol. The smallest absolute Gasteiger partial charge is 0.208 e. The van der Waals surface area contributed by atoms with E-state index < -0.39 is 102 Å². The Labute approximate surface area is 385 Å². The van der Waals surface area contributed by atoms with Gasteiger partial charge in [0.2, 0.25) is 40.2 Å². The Morgan fingerprint density at radius 1 is 0.232 bits per heavy atom. The Hall–Kier alpha value is -9.88. The fraction of sp³-hybridized carbons (Fsp3) is 0. The summed E-state index contributed by atoms with van der Waals surface area (Å²) < 4.78 is 5.65. The highest BCUT2D eigenvalue weighted by atomic mass is 16.4.